The van der Waals surface area contributed by atoms with Gasteiger partial charge in [-0.2, -0.15) is 0 Å². The predicted octanol–water partition coefficient (Wildman–Crippen LogP) is 2.77. The number of nitrogens with two attached hydrogens (primary N) is 1. The molecule has 0 saturated heterocycles. The Hall–Kier alpha value is -1.55. The normalized spacial score (nSPS) is 12.5. The van der Waals surface area contributed by atoms with Crippen LogP contribution in [0.15, 0.2) is 18.2 Å². The van der Waals surface area contributed by atoms with Crippen molar-refractivity contribution >= 4 is 16.7 Å². The first-order valence-electron chi connectivity index (χ1n) is 7.22. The van der Waals surface area contributed by atoms with Gasteiger partial charge in [0, 0.05) is 25.2 Å². The third-order valence-corrected chi connectivity index (χ3v) is 3.50. The van der Waals surface area contributed by atoms with Gasteiger partial charge >= 0.3 is 0 Å². The fourth-order valence-electron chi connectivity index (χ4n) is 2.98. The maximum Gasteiger partial charge on any atom is 0.109 e. The number of rotatable bonds is 5. The molecule has 4 nitrogen and oxygen atoms in total. The van der Waals surface area contributed by atoms with E-state index in [4.69, 9.17) is 10.7 Å². The van der Waals surface area contributed by atoms with Crippen LogP contribution in [-0.2, 0) is 13.0 Å². The van der Waals surface area contributed by atoms with Crippen molar-refractivity contribution in [2.75, 3.05) is 26.4 Å². The summed E-state index contributed by atoms with van der Waals surface area (Å²) in [5.74, 6) is 1.14. The van der Waals surface area contributed by atoms with E-state index in [1.165, 1.54) is 5.52 Å². The van der Waals surface area contributed by atoms with Gasteiger partial charge in [0.15, 0.2) is 0 Å². The summed E-state index contributed by atoms with van der Waals surface area (Å²) in [5, 5.41) is 0. The van der Waals surface area contributed by atoms with Crippen molar-refractivity contribution in [1.29, 1.82) is 0 Å². The highest BCUT2D eigenvalue weighted by Crippen LogP contribution is 2.25. The number of aryl methyl sites for hydroxylation is 1. The van der Waals surface area contributed by atoms with Crippen molar-refractivity contribution in [3.05, 3.63) is 24.0 Å². The minimum Gasteiger partial charge on any atom is -0.399 e. The quantitative estimate of drug-likeness (QED) is 0.853. The van der Waals surface area contributed by atoms with Crippen molar-refractivity contribution in [3.63, 3.8) is 0 Å². The summed E-state index contributed by atoms with van der Waals surface area (Å²) in [6.45, 7) is 8.77. The summed E-state index contributed by atoms with van der Waals surface area (Å²) < 4.78 is 2.35. The Morgan fingerprint density at radius 3 is 2.60 bits per heavy atom. The molecular formula is C16H26N4. The molecule has 0 aliphatic carbocycles. The summed E-state index contributed by atoms with van der Waals surface area (Å²) >= 11 is 0. The molecule has 0 atom stereocenters. The van der Waals surface area contributed by atoms with Gasteiger partial charge in [-0.15, -0.1) is 0 Å². The van der Waals surface area contributed by atoms with E-state index in [-0.39, 0.29) is 5.41 Å². The number of nitrogens with zero attached hydrogens (tertiary/aromatic N) is 3. The maximum atomic E-state index is 5.86. The first-order chi connectivity index (χ1) is 9.32. The van der Waals surface area contributed by atoms with Gasteiger partial charge in [0.2, 0.25) is 0 Å². The number of hydrogen-bond acceptors (Lipinski definition) is 3. The lowest BCUT2D eigenvalue weighted by Gasteiger charge is -2.29. The number of imidazole rings is 1. The molecule has 0 spiro atoms. The van der Waals surface area contributed by atoms with Crippen molar-refractivity contribution in [3.8, 4) is 0 Å². The molecule has 1 aromatic carbocycles. The SMILES string of the molecule is CCc1nc2cc(N)ccc2n1CC(C)(C)CN(C)C. The Kier molecular flexibility index (Phi) is 4.04. The highest BCUT2D eigenvalue weighted by Gasteiger charge is 2.22. The first-order valence-corrected chi connectivity index (χ1v) is 7.22. The molecular weight excluding hydrogens is 248 g/mol. The van der Waals surface area contributed by atoms with Crippen molar-refractivity contribution in [2.24, 2.45) is 5.41 Å². The molecule has 0 unspecified atom stereocenters. The van der Waals surface area contributed by atoms with Crippen LogP contribution in [0.1, 0.15) is 26.6 Å². The second-order valence-corrected chi connectivity index (χ2v) is 6.62. The van der Waals surface area contributed by atoms with Crippen LogP contribution in [-0.4, -0.2) is 35.1 Å². The van der Waals surface area contributed by atoms with E-state index < -0.39 is 0 Å². The smallest absolute Gasteiger partial charge is 0.109 e. The van der Waals surface area contributed by atoms with Gasteiger partial charge in [0.1, 0.15) is 5.82 Å². The van der Waals surface area contributed by atoms with Crippen LogP contribution in [0.4, 0.5) is 5.69 Å². The van der Waals surface area contributed by atoms with E-state index in [0.717, 1.165) is 36.5 Å². The molecule has 2 N–H and O–H groups in total. The molecule has 1 heterocycles. The average molecular weight is 274 g/mol. The van der Waals surface area contributed by atoms with Crippen LogP contribution in [0, 0.1) is 5.41 Å². The summed E-state index contributed by atoms with van der Waals surface area (Å²) in [6.07, 6.45) is 0.937. The Labute approximate surface area is 121 Å². The fourth-order valence-corrected chi connectivity index (χ4v) is 2.98. The summed E-state index contributed by atoms with van der Waals surface area (Å²) in [7, 11) is 4.24. The van der Waals surface area contributed by atoms with E-state index >= 15 is 0 Å². The molecule has 0 radical (unpaired) electrons. The molecule has 20 heavy (non-hydrogen) atoms. The third kappa shape index (κ3) is 3.12. The number of anilines is 1. The topological polar surface area (TPSA) is 47.1 Å². The molecule has 0 aliphatic rings. The lowest BCUT2D eigenvalue weighted by atomic mass is 9.92. The Morgan fingerprint density at radius 2 is 2.00 bits per heavy atom. The molecule has 1 aromatic heterocycles. The summed E-state index contributed by atoms with van der Waals surface area (Å²) in [4.78, 5) is 6.96. The zero-order chi connectivity index (χ0) is 14.9. The molecule has 2 aromatic rings. The second kappa shape index (κ2) is 5.44. The molecule has 4 heteroatoms. The zero-order valence-corrected chi connectivity index (χ0v) is 13.3. The minimum atomic E-state index is 0.197. The molecule has 0 bridgehead atoms. The standard InChI is InChI=1S/C16H26N4/c1-6-15-18-13-9-12(17)7-8-14(13)20(15)11-16(2,3)10-19(4)5/h7-9H,6,10-11,17H2,1-5H3. The fraction of sp³-hybridized carbons (Fsp3) is 0.562. The second-order valence-electron chi connectivity index (χ2n) is 6.62. The van der Waals surface area contributed by atoms with Crippen LogP contribution in [0.25, 0.3) is 11.0 Å². The maximum absolute atomic E-state index is 5.86. The largest absolute Gasteiger partial charge is 0.399 e. The molecule has 0 aliphatic heterocycles. The van der Waals surface area contributed by atoms with Gasteiger partial charge in [0.25, 0.3) is 0 Å². The van der Waals surface area contributed by atoms with Crippen LogP contribution in [0.3, 0.4) is 0 Å². The number of benzene rings is 1. The number of nitrogen functional groups attached to an aromatic ring is 1. The molecule has 0 fully saturated rings. The molecule has 110 valence electrons. The van der Waals surface area contributed by atoms with Gasteiger partial charge in [0.05, 0.1) is 11.0 Å². The Balaban J connectivity index is 2.42. The highest BCUT2D eigenvalue weighted by molar-refractivity contribution is 5.79. The number of aromatic nitrogens is 2. The monoisotopic (exact) mass is 274 g/mol. The Morgan fingerprint density at radius 1 is 1.30 bits per heavy atom. The molecule has 0 saturated carbocycles. The number of fused-ring (bicyclic) bond motifs is 1. The van der Waals surface area contributed by atoms with Gasteiger partial charge in [-0.05, 0) is 37.7 Å². The molecule has 0 amide bonds. The van der Waals surface area contributed by atoms with Crippen LogP contribution < -0.4 is 5.73 Å². The van der Waals surface area contributed by atoms with Gasteiger partial charge in [-0.1, -0.05) is 20.8 Å². The van der Waals surface area contributed by atoms with Crippen molar-refractivity contribution in [2.45, 2.75) is 33.7 Å². The van der Waals surface area contributed by atoms with Gasteiger partial charge in [-0.3, -0.25) is 0 Å². The van der Waals surface area contributed by atoms with Crippen LogP contribution >= 0.6 is 0 Å². The van der Waals surface area contributed by atoms with E-state index in [1.54, 1.807) is 0 Å². The average Bonchev–Trinajstić information content (AvgIpc) is 2.64. The van der Waals surface area contributed by atoms with Gasteiger partial charge in [-0.25, -0.2) is 4.98 Å². The molecule has 2 rings (SSSR count). The Bertz CT molecular complexity index is 596. The highest BCUT2D eigenvalue weighted by atomic mass is 15.1. The predicted molar refractivity (Wildman–Crippen MR) is 85.9 cm³/mol. The number of hydrogen-bond donors (Lipinski definition) is 1. The third-order valence-electron chi connectivity index (χ3n) is 3.50. The van der Waals surface area contributed by atoms with Crippen LogP contribution in [0.5, 0.6) is 0 Å². The minimum absolute atomic E-state index is 0.197. The lowest BCUT2D eigenvalue weighted by molar-refractivity contribution is 0.211. The van der Waals surface area contributed by atoms with Crippen LogP contribution in [0.2, 0.25) is 0 Å². The summed E-state index contributed by atoms with van der Waals surface area (Å²) in [6, 6.07) is 6.01. The van der Waals surface area contributed by atoms with Crippen molar-refractivity contribution < 1.29 is 0 Å². The lowest BCUT2D eigenvalue weighted by Crippen LogP contribution is -2.32. The van der Waals surface area contributed by atoms with E-state index in [2.05, 4.69) is 50.4 Å². The summed E-state index contributed by atoms with van der Waals surface area (Å²) in [5.41, 5.74) is 9.02. The van der Waals surface area contributed by atoms with Crippen molar-refractivity contribution in [1.82, 2.24) is 14.5 Å². The zero-order valence-electron chi connectivity index (χ0n) is 13.3. The van der Waals surface area contributed by atoms with Gasteiger partial charge < -0.3 is 15.2 Å². The van der Waals surface area contributed by atoms with E-state index in [1.807, 2.05) is 12.1 Å². The van der Waals surface area contributed by atoms with E-state index in [9.17, 15) is 0 Å². The first kappa shape index (κ1) is 14.9. The van der Waals surface area contributed by atoms with E-state index in [0.29, 0.717) is 0 Å².